The number of aryl methyl sites for hydroxylation is 1. The van der Waals surface area contributed by atoms with E-state index in [4.69, 9.17) is 11.6 Å². The molecule has 0 bridgehead atoms. The zero-order valence-corrected chi connectivity index (χ0v) is 17.3. The van der Waals surface area contributed by atoms with E-state index >= 15 is 0 Å². The lowest BCUT2D eigenvalue weighted by Gasteiger charge is -2.21. The van der Waals surface area contributed by atoms with E-state index in [-0.39, 0.29) is 11.8 Å². The maximum absolute atomic E-state index is 12.9. The molecule has 3 rings (SSSR count). The Morgan fingerprint density at radius 2 is 1.43 bits per heavy atom. The first-order chi connectivity index (χ1) is 13.4. The molecule has 1 N–H and O–H groups in total. The zero-order valence-electron chi connectivity index (χ0n) is 16.6. The second kappa shape index (κ2) is 9.07. The summed E-state index contributed by atoms with van der Waals surface area (Å²) in [5.74, 6) is 0.602. The topological polar surface area (TPSA) is 29.1 Å². The molecule has 0 unspecified atom stereocenters. The maximum atomic E-state index is 12.9. The molecule has 2 nitrogen and oxygen atoms in total. The van der Waals surface area contributed by atoms with Crippen LogP contribution in [0.4, 0.5) is 5.69 Å². The van der Waals surface area contributed by atoms with Crippen molar-refractivity contribution in [3.8, 4) is 0 Å². The molecule has 3 aromatic carbocycles. The number of halogens is 1. The molecule has 0 spiro atoms. The Balaban J connectivity index is 1.85. The van der Waals surface area contributed by atoms with E-state index in [2.05, 4.69) is 43.4 Å². The number of Topliss-reactive ketones (excluding diaryl/α,β-unsaturated/α-hetero) is 1. The highest BCUT2D eigenvalue weighted by atomic mass is 35.5. The molecule has 0 amide bonds. The van der Waals surface area contributed by atoms with E-state index in [1.165, 1.54) is 5.56 Å². The van der Waals surface area contributed by atoms with E-state index in [0.29, 0.717) is 17.4 Å². The fourth-order valence-electron chi connectivity index (χ4n) is 3.16. The number of hydrogen-bond acceptors (Lipinski definition) is 2. The fraction of sp³-hybridized carbons (Fsp3) is 0.240. The second-order valence-electron chi connectivity index (χ2n) is 7.52. The van der Waals surface area contributed by atoms with Crippen molar-refractivity contribution in [2.75, 3.05) is 5.32 Å². The molecule has 3 aromatic rings. The smallest absolute Gasteiger partial charge is 0.165 e. The van der Waals surface area contributed by atoms with Crippen molar-refractivity contribution in [2.24, 2.45) is 0 Å². The molecule has 3 heteroatoms. The SMILES string of the molecule is Cc1ccc(C(=O)C[C@@H](Nc2ccc(Cl)cc2)c2ccc(C(C)C)cc2)cc1. The molecule has 0 heterocycles. The Morgan fingerprint density at radius 3 is 2.00 bits per heavy atom. The average molecular weight is 392 g/mol. The summed E-state index contributed by atoms with van der Waals surface area (Å²) >= 11 is 6.01. The van der Waals surface area contributed by atoms with Crippen LogP contribution < -0.4 is 5.32 Å². The highest BCUT2D eigenvalue weighted by Crippen LogP contribution is 2.27. The molecule has 0 aliphatic heterocycles. The van der Waals surface area contributed by atoms with Gasteiger partial charge in [-0.1, -0.05) is 79.5 Å². The van der Waals surface area contributed by atoms with E-state index in [0.717, 1.165) is 22.4 Å². The Bertz CT molecular complexity index is 912. The lowest BCUT2D eigenvalue weighted by Crippen LogP contribution is -2.16. The number of anilines is 1. The molecular formula is C25H26ClNO. The van der Waals surface area contributed by atoms with Crippen LogP contribution >= 0.6 is 11.6 Å². The number of rotatable bonds is 7. The lowest BCUT2D eigenvalue weighted by atomic mass is 9.94. The first-order valence-electron chi connectivity index (χ1n) is 9.64. The van der Waals surface area contributed by atoms with Crippen LogP contribution in [0.3, 0.4) is 0 Å². The molecule has 0 saturated heterocycles. The van der Waals surface area contributed by atoms with Crippen LogP contribution in [-0.4, -0.2) is 5.78 Å². The summed E-state index contributed by atoms with van der Waals surface area (Å²) in [6.45, 7) is 6.38. The van der Waals surface area contributed by atoms with Gasteiger partial charge in [0.15, 0.2) is 5.78 Å². The standard InChI is InChI=1S/C25H26ClNO/c1-17(2)19-8-10-20(11-9-19)24(27-23-14-12-22(26)13-15-23)16-25(28)21-6-4-18(3)5-7-21/h4-15,17,24,27H,16H2,1-3H3/t24-/m1/s1. The number of benzene rings is 3. The van der Waals surface area contributed by atoms with E-state index in [9.17, 15) is 4.79 Å². The molecule has 1 atom stereocenters. The Morgan fingerprint density at radius 1 is 0.857 bits per heavy atom. The third-order valence-corrected chi connectivity index (χ3v) is 5.21. The van der Waals surface area contributed by atoms with Gasteiger partial charge in [0.1, 0.15) is 0 Å². The largest absolute Gasteiger partial charge is 0.378 e. The Kier molecular flexibility index (Phi) is 6.53. The van der Waals surface area contributed by atoms with Crippen molar-refractivity contribution in [1.82, 2.24) is 0 Å². The van der Waals surface area contributed by atoms with Gasteiger partial charge in [0, 0.05) is 22.7 Å². The van der Waals surface area contributed by atoms with Crippen molar-refractivity contribution in [3.63, 3.8) is 0 Å². The quantitative estimate of drug-likeness (QED) is 0.431. The van der Waals surface area contributed by atoms with Crippen LogP contribution in [0.25, 0.3) is 0 Å². The van der Waals surface area contributed by atoms with E-state index in [1.807, 2.05) is 55.5 Å². The third-order valence-electron chi connectivity index (χ3n) is 4.95. The second-order valence-corrected chi connectivity index (χ2v) is 7.95. The summed E-state index contributed by atoms with van der Waals surface area (Å²) in [4.78, 5) is 12.9. The Hall–Kier alpha value is -2.58. The number of nitrogens with one attached hydrogen (secondary N) is 1. The average Bonchev–Trinajstić information content (AvgIpc) is 2.69. The summed E-state index contributed by atoms with van der Waals surface area (Å²) in [6.07, 6.45) is 0.382. The van der Waals surface area contributed by atoms with Crippen LogP contribution in [0.15, 0.2) is 72.8 Å². The highest BCUT2D eigenvalue weighted by Gasteiger charge is 2.18. The summed E-state index contributed by atoms with van der Waals surface area (Å²) in [5.41, 5.74) is 5.22. The first kappa shape index (κ1) is 20.2. The summed E-state index contributed by atoms with van der Waals surface area (Å²) in [6, 6.07) is 23.8. The molecule has 144 valence electrons. The van der Waals surface area contributed by atoms with Gasteiger partial charge in [-0.3, -0.25) is 4.79 Å². The third kappa shape index (κ3) is 5.24. The van der Waals surface area contributed by atoms with Gasteiger partial charge in [-0.05, 0) is 48.2 Å². The van der Waals surface area contributed by atoms with Gasteiger partial charge in [0.05, 0.1) is 6.04 Å². The lowest BCUT2D eigenvalue weighted by molar-refractivity contribution is 0.0976. The van der Waals surface area contributed by atoms with Gasteiger partial charge < -0.3 is 5.32 Å². The minimum Gasteiger partial charge on any atom is -0.378 e. The van der Waals surface area contributed by atoms with Crippen LogP contribution in [0.1, 0.15) is 59.3 Å². The Labute approximate surface area is 172 Å². The minimum absolute atomic E-state index is 0.115. The normalized spacial score (nSPS) is 12.0. The van der Waals surface area contributed by atoms with Crippen molar-refractivity contribution in [2.45, 2.75) is 39.2 Å². The van der Waals surface area contributed by atoms with Gasteiger partial charge in [-0.2, -0.15) is 0 Å². The highest BCUT2D eigenvalue weighted by molar-refractivity contribution is 6.30. The maximum Gasteiger partial charge on any atom is 0.165 e. The predicted octanol–water partition coefficient (Wildman–Crippen LogP) is 7.20. The van der Waals surface area contributed by atoms with Gasteiger partial charge in [-0.25, -0.2) is 0 Å². The minimum atomic E-state index is -0.115. The molecule has 28 heavy (non-hydrogen) atoms. The molecule has 0 fully saturated rings. The van der Waals surface area contributed by atoms with Crippen molar-refractivity contribution < 1.29 is 4.79 Å². The van der Waals surface area contributed by atoms with Crippen LogP contribution in [0, 0.1) is 6.92 Å². The van der Waals surface area contributed by atoms with Crippen LogP contribution in [0.2, 0.25) is 5.02 Å². The van der Waals surface area contributed by atoms with Crippen molar-refractivity contribution >= 4 is 23.1 Å². The molecular weight excluding hydrogens is 366 g/mol. The predicted molar refractivity (Wildman–Crippen MR) is 118 cm³/mol. The van der Waals surface area contributed by atoms with Gasteiger partial charge >= 0.3 is 0 Å². The summed E-state index contributed by atoms with van der Waals surface area (Å²) in [5, 5.41) is 4.20. The van der Waals surface area contributed by atoms with Gasteiger partial charge in [-0.15, -0.1) is 0 Å². The molecule has 0 aromatic heterocycles. The molecule has 0 saturated carbocycles. The number of ketones is 1. The van der Waals surface area contributed by atoms with Gasteiger partial charge in [0.2, 0.25) is 0 Å². The summed E-state index contributed by atoms with van der Waals surface area (Å²) < 4.78 is 0. The number of carbonyl (C=O) groups excluding carboxylic acids is 1. The van der Waals surface area contributed by atoms with Crippen LogP contribution in [0.5, 0.6) is 0 Å². The number of carbonyl (C=O) groups is 1. The van der Waals surface area contributed by atoms with Crippen molar-refractivity contribution in [1.29, 1.82) is 0 Å². The first-order valence-corrected chi connectivity index (χ1v) is 10.0. The van der Waals surface area contributed by atoms with E-state index in [1.54, 1.807) is 0 Å². The van der Waals surface area contributed by atoms with Gasteiger partial charge in [0.25, 0.3) is 0 Å². The number of hydrogen-bond donors (Lipinski definition) is 1. The summed E-state index contributed by atoms with van der Waals surface area (Å²) in [7, 11) is 0. The van der Waals surface area contributed by atoms with Crippen LogP contribution in [-0.2, 0) is 0 Å². The zero-order chi connectivity index (χ0) is 20.1. The van der Waals surface area contributed by atoms with E-state index < -0.39 is 0 Å². The molecule has 0 aliphatic carbocycles. The van der Waals surface area contributed by atoms with Crippen molar-refractivity contribution in [3.05, 3.63) is 100 Å². The molecule has 0 aliphatic rings. The monoisotopic (exact) mass is 391 g/mol. The molecule has 0 radical (unpaired) electrons. The fourth-order valence-corrected chi connectivity index (χ4v) is 3.28.